The molecule has 2 fully saturated rings. The highest BCUT2D eigenvalue weighted by atomic mass is 15.4. The first kappa shape index (κ1) is 15.0. The van der Waals surface area contributed by atoms with Gasteiger partial charge >= 0.3 is 0 Å². The Morgan fingerprint density at radius 2 is 2.14 bits per heavy atom. The topological polar surface area (TPSA) is 46.0 Å². The van der Waals surface area contributed by atoms with Gasteiger partial charge in [-0.25, -0.2) is 9.67 Å². The quantitative estimate of drug-likeness (QED) is 0.835. The third-order valence-electron chi connectivity index (χ3n) is 4.82. The summed E-state index contributed by atoms with van der Waals surface area (Å²) < 4.78 is 2.08. The minimum absolute atomic E-state index is 0.646. The van der Waals surface area contributed by atoms with Crippen LogP contribution < -0.4 is 5.32 Å². The normalized spacial score (nSPS) is 27.1. The second-order valence-corrected chi connectivity index (χ2v) is 6.63. The molecule has 2 heterocycles. The van der Waals surface area contributed by atoms with Crippen LogP contribution in [0.3, 0.4) is 0 Å². The summed E-state index contributed by atoms with van der Waals surface area (Å²) in [6, 6.07) is 1.34. The zero-order valence-corrected chi connectivity index (χ0v) is 13.5. The van der Waals surface area contributed by atoms with Gasteiger partial charge in [0.05, 0.1) is 6.54 Å². The van der Waals surface area contributed by atoms with E-state index in [9.17, 15) is 0 Å². The van der Waals surface area contributed by atoms with Crippen LogP contribution in [0.15, 0.2) is 6.33 Å². The molecular formula is C16H29N5. The summed E-state index contributed by atoms with van der Waals surface area (Å²) >= 11 is 0. The molecule has 118 valence electrons. The van der Waals surface area contributed by atoms with Crippen molar-refractivity contribution in [2.45, 2.75) is 71.1 Å². The summed E-state index contributed by atoms with van der Waals surface area (Å²) in [6.07, 6.45) is 8.16. The maximum Gasteiger partial charge on any atom is 0.141 e. The van der Waals surface area contributed by atoms with E-state index in [1.165, 1.54) is 25.7 Å². The molecular weight excluding hydrogens is 262 g/mol. The van der Waals surface area contributed by atoms with E-state index in [1.807, 2.05) is 0 Å². The number of piperazine rings is 1. The van der Waals surface area contributed by atoms with Gasteiger partial charge in [-0.3, -0.25) is 4.90 Å². The first-order valence-corrected chi connectivity index (χ1v) is 8.66. The van der Waals surface area contributed by atoms with Crippen molar-refractivity contribution in [1.82, 2.24) is 25.0 Å². The van der Waals surface area contributed by atoms with E-state index < -0.39 is 0 Å². The summed E-state index contributed by atoms with van der Waals surface area (Å²) in [5.41, 5.74) is 0. The van der Waals surface area contributed by atoms with Crippen LogP contribution in [0.2, 0.25) is 0 Å². The Bertz CT molecular complexity index is 440. The monoisotopic (exact) mass is 291 g/mol. The van der Waals surface area contributed by atoms with Crippen LogP contribution in [-0.2, 0) is 13.1 Å². The second-order valence-electron chi connectivity index (χ2n) is 6.63. The minimum Gasteiger partial charge on any atom is -0.311 e. The SMILES string of the molecule is CCCC1CN(Cc2ncnn2CCC)C(C2CC2)CN1. The highest BCUT2D eigenvalue weighted by molar-refractivity contribution is 4.97. The lowest BCUT2D eigenvalue weighted by Crippen LogP contribution is -2.57. The van der Waals surface area contributed by atoms with Gasteiger partial charge < -0.3 is 5.32 Å². The maximum atomic E-state index is 4.50. The van der Waals surface area contributed by atoms with E-state index in [0.717, 1.165) is 44.3 Å². The molecule has 0 aromatic carbocycles. The second kappa shape index (κ2) is 6.88. The Morgan fingerprint density at radius 3 is 2.86 bits per heavy atom. The Hall–Kier alpha value is -0.940. The number of aryl methyl sites for hydroxylation is 1. The molecule has 1 aromatic heterocycles. The number of nitrogens with one attached hydrogen (secondary N) is 1. The zero-order chi connectivity index (χ0) is 14.7. The highest BCUT2D eigenvalue weighted by Gasteiger charge is 2.38. The van der Waals surface area contributed by atoms with Crippen molar-refractivity contribution >= 4 is 0 Å². The molecule has 21 heavy (non-hydrogen) atoms. The van der Waals surface area contributed by atoms with E-state index in [2.05, 4.69) is 38.8 Å². The molecule has 1 N–H and O–H groups in total. The van der Waals surface area contributed by atoms with Gasteiger partial charge in [0.1, 0.15) is 12.2 Å². The average Bonchev–Trinajstić information content (AvgIpc) is 3.23. The molecule has 5 nitrogen and oxygen atoms in total. The van der Waals surface area contributed by atoms with Crippen molar-refractivity contribution in [2.75, 3.05) is 13.1 Å². The van der Waals surface area contributed by atoms with Gasteiger partial charge in [0, 0.05) is 31.7 Å². The molecule has 0 amide bonds. The van der Waals surface area contributed by atoms with E-state index in [4.69, 9.17) is 0 Å². The third kappa shape index (κ3) is 3.64. The molecule has 0 radical (unpaired) electrons. The van der Waals surface area contributed by atoms with E-state index in [-0.39, 0.29) is 0 Å². The largest absolute Gasteiger partial charge is 0.311 e. The van der Waals surface area contributed by atoms with Gasteiger partial charge in [-0.15, -0.1) is 0 Å². The van der Waals surface area contributed by atoms with Gasteiger partial charge in [0.15, 0.2) is 0 Å². The van der Waals surface area contributed by atoms with Gasteiger partial charge in [-0.2, -0.15) is 5.10 Å². The molecule has 0 spiro atoms. The number of hydrogen-bond acceptors (Lipinski definition) is 4. The fourth-order valence-corrected chi connectivity index (χ4v) is 3.56. The lowest BCUT2D eigenvalue weighted by Gasteiger charge is -2.40. The average molecular weight is 291 g/mol. The molecule has 1 saturated carbocycles. The molecule has 1 aliphatic carbocycles. The molecule has 1 aliphatic heterocycles. The first-order chi connectivity index (χ1) is 10.3. The zero-order valence-electron chi connectivity index (χ0n) is 13.5. The van der Waals surface area contributed by atoms with Crippen molar-refractivity contribution in [3.63, 3.8) is 0 Å². The number of aromatic nitrogens is 3. The molecule has 5 heteroatoms. The van der Waals surface area contributed by atoms with Crippen LogP contribution in [0.1, 0.15) is 51.8 Å². The van der Waals surface area contributed by atoms with Crippen molar-refractivity contribution in [3.05, 3.63) is 12.2 Å². The smallest absolute Gasteiger partial charge is 0.141 e. The number of hydrogen-bond donors (Lipinski definition) is 1. The summed E-state index contributed by atoms with van der Waals surface area (Å²) in [5, 5.41) is 8.13. The molecule has 3 rings (SSSR count). The Kier molecular flexibility index (Phi) is 4.91. The summed E-state index contributed by atoms with van der Waals surface area (Å²) in [7, 11) is 0. The Morgan fingerprint density at radius 1 is 1.29 bits per heavy atom. The molecule has 2 unspecified atom stereocenters. The van der Waals surface area contributed by atoms with E-state index in [0.29, 0.717) is 12.1 Å². The van der Waals surface area contributed by atoms with Crippen molar-refractivity contribution < 1.29 is 0 Å². The van der Waals surface area contributed by atoms with E-state index >= 15 is 0 Å². The number of rotatable bonds is 7. The molecule has 1 saturated heterocycles. The Labute approximate surface area is 128 Å². The summed E-state index contributed by atoms with van der Waals surface area (Å²) in [4.78, 5) is 7.18. The first-order valence-electron chi connectivity index (χ1n) is 8.66. The lowest BCUT2D eigenvalue weighted by molar-refractivity contribution is 0.0995. The molecule has 2 atom stereocenters. The van der Waals surface area contributed by atoms with Crippen LogP contribution in [-0.4, -0.2) is 44.8 Å². The predicted octanol–water partition coefficient (Wildman–Crippen LogP) is 2.04. The van der Waals surface area contributed by atoms with Crippen LogP contribution in [0, 0.1) is 5.92 Å². The van der Waals surface area contributed by atoms with Crippen LogP contribution in [0.25, 0.3) is 0 Å². The fourth-order valence-electron chi connectivity index (χ4n) is 3.56. The number of nitrogens with zero attached hydrogens (tertiary/aromatic N) is 4. The van der Waals surface area contributed by atoms with Crippen LogP contribution >= 0.6 is 0 Å². The van der Waals surface area contributed by atoms with Gasteiger partial charge in [0.25, 0.3) is 0 Å². The Balaban J connectivity index is 1.67. The summed E-state index contributed by atoms with van der Waals surface area (Å²) in [5.74, 6) is 2.04. The molecule has 1 aromatic rings. The van der Waals surface area contributed by atoms with Gasteiger partial charge in [0.2, 0.25) is 0 Å². The third-order valence-corrected chi connectivity index (χ3v) is 4.82. The predicted molar refractivity (Wildman–Crippen MR) is 83.9 cm³/mol. The van der Waals surface area contributed by atoms with Crippen molar-refractivity contribution in [1.29, 1.82) is 0 Å². The van der Waals surface area contributed by atoms with Crippen molar-refractivity contribution in [2.24, 2.45) is 5.92 Å². The maximum absolute atomic E-state index is 4.50. The van der Waals surface area contributed by atoms with Gasteiger partial charge in [-0.05, 0) is 31.6 Å². The van der Waals surface area contributed by atoms with Crippen LogP contribution in [0.4, 0.5) is 0 Å². The van der Waals surface area contributed by atoms with Crippen molar-refractivity contribution in [3.8, 4) is 0 Å². The van der Waals surface area contributed by atoms with E-state index in [1.54, 1.807) is 6.33 Å². The minimum atomic E-state index is 0.646. The highest BCUT2D eigenvalue weighted by Crippen LogP contribution is 2.36. The lowest BCUT2D eigenvalue weighted by atomic mass is 10.0. The van der Waals surface area contributed by atoms with Gasteiger partial charge in [-0.1, -0.05) is 20.3 Å². The van der Waals surface area contributed by atoms with Crippen LogP contribution in [0.5, 0.6) is 0 Å². The standard InChI is InChI=1S/C16H29N5/c1-3-5-14-10-20(15(9-17-14)13-6-7-13)11-16-18-12-19-21(16)8-4-2/h12-15,17H,3-11H2,1-2H3. The fraction of sp³-hybridized carbons (Fsp3) is 0.875. The molecule has 0 bridgehead atoms. The summed E-state index contributed by atoms with van der Waals surface area (Å²) in [6.45, 7) is 8.72. The molecule has 2 aliphatic rings.